The number of carbonyl (C=O) groups excluding carboxylic acids is 2. The van der Waals surface area contributed by atoms with Gasteiger partial charge in [0.1, 0.15) is 11.3 Å². The minimum absolute atomic E-state index is 0.0111. The van der Waals surface area contributed by atoms with E-state index in [1.165, 1.54) is 6.08 Å². The molecule has 136 valence electrons. The Labute approximate surface area is 157 Å². The molecule has 0 bridgehead atoms. The first-order valence-corrected chi connectivity index (χ1v) is 8.59. The van der Waals surface area contributed by atoms with E-state index in [1.807, 2.05) is 19.2 Å². The zero-order chi connectivity index (χ0) is 19.2. The molecule has 1 aromatic rings. The van der Waals surface area contributed by atoms with Gasteiger partial charge in [0.25, 0.3) is 11.8 Å². The van der Waals surface area contributed by atoms with E-state index in [9.17, 15) is 9.59 Å². The molecule has 6 nitrogen and oxygen atoms in total. The minimum Gasteiger partial charge on any atom is -0.496 e. The first kappa shape index (κ1) is 18.1. The van der Waals surface area contributed by atoms with E-state index in [-0.39, 0.29) is 16.2 Å². The van der Waals surface area contributed by atoms with E-state index in [0.717, 1.165) is 16.8 Å². The molecule has 2 aliphatic rings. The predicted octanol–water partition coefficient (Wildman–Crippen LogP) is 2.24. The van der Waals surface area contributed by atoms with Gasteiger partial charge in [-0.1, -0.05) is 6.08 Å². The summed E-state index contributed by atoms with van der Waals surface area (Å²) < 4.78 is 5.52. The van der Waals surface area contributed by atoms with Gasteiger partial charge in [-0.15, -0.1) is 0 Å². The fourth-order valence-electron chi connectivity index (χ4n) is 3.25. The van der Waals surface area contributed by atoms with Crippen molar-refractivity contribution in [3.63, 3.8) is 0 Å². The number of carbonyl (C=O) groups is 2. The SMILES string of the molecule is COc1cc2c(cc1C=C1C(=O)NC(=S)NC1=O)C(C)=CC(C)(C)N2C. The maximum Gasteiger partial charge on any atom is 0.263 e. The summed E-state index contributed by atoms with van der Waals surface area (Å²) >= 11 is 4.83. The molecule has 2 N–H and O–H groups in total. The highest BCUT2D eigenvalue weighted by Gasteiger charge is 2.30. The molecule has 2 heterocycles. The summed E-state index contributed by atoms with van der Waals surface area (Å²) in [4.78, 5) is 26.4. The van der Waals surface area contributed by atoms with E-state index in [1.54, 1.807) is 7.11 Å². The van der Waals surface area contributed by atoms with Crippen molar-refractivity contribution in [2.75, 3.05) is 19.1 Å². The molecule has 0 saturated carbocycles. The highest BCUT2D eigenvalue weighted by Crippen LogP contribution is 2.41. The van der Waals surface area contributed by atoms with Crippen molar-refractivity contribution < 1.29 is 14.3 Å². The van der Waals surface area contributed by atoms with E-state index in [0.29, 0.717) is 11.3 Å². The van der Waals surface area contributed by atoms with Crippen molar-refractivity contribution in [1.29, 1.82) is 0 Å². The van der Waals surface area contributed by atoms with Crippen LogP contribution in [0.1, 0.15) is 31.9 Å². The van der Waals surface area contributed by atoms with Crippen molar-refractivity contribution in [1.82, 2.24) is 10.6 Å². The number of hydrogen-bond acceptors (Lipinski definition) is 5. The normalized spacial score (nSPS) is 18.7. The maximum atomic E-state index is 12.1. The van der Waals surface area contributed by atoms with Crippen LogP contribution in [0.2, 0.25) is 0 Å². The van der Waals surface area contributed by atoms with Crippen LogP contribution in [0.25, 0.3) is 11.6 Å². The number of allylic oxidation sites excluding steroid dienone is 1. The molecule has 26 heavy (non-hydrogen) atoms. The van der Waals surface area contributed by atoms with Gasteiger partial charge in [-0.2, -0.15) is 0 Å². The maximum absolute atomic E-state index is 12.1. The van der Waals surface area contributed by atoms with Crippen LogP contribution in [-0.2, 0) is 9.59 Å². The summed E-state index contributed by atoms with van der Waals surface area (Å²) in [5.74, 6) is -0.463. The molecule has 1 aromatic carbocycles. The molecule has 0 aliphatic carbocycles. The fourth-order valence-corrected chi connectivity index (χ4v) is 3.43. The Morgan fingerprint density at radius 2 is 1.81 bits per heavy atom. The van der Waals surface area contributed by atoms with Crippen LogP contribution in [0.3, 0.4) is 0 Å². The van der Waals surface area contributed by atoms with Crippen LogP contribution in [-0.4, -0.2) is 36.6 Å². The largest absolute Gasteiger partial charge is 0.496 e. The van der Waals surface area contributed by atoms with Crippen LogP contribution in [0.5, 0.6) is 5.75 Å². The number of anilines is 1. The first-order valence-electron chi connectivity index (χ1n) is 8.18. The highest BCUT2D eigenvalue weighted by molar-refractivity contribution is 7.80. The molecule has 2 amide bonds. The smallest absolute Gasteiger partial charge is 0.263 e. The van der Waals surface area contributed by atoms with Crippen molar-refractivity contribution in [2.45, 2.75) is 26.3 Å². The van der Waals surface area contributed by atoms with Crippen molar-refractivity contribution in [2.24, 2.45) is 0 Å². The van der Waals surface area contributed by atoms with Gasteiger partial charge in [-0.05, 0) is 50.7 Å². The summed E-state index contributed by atoms with van der Waals surface area (Å²) in [6.45, 7) is 6.33. The summed E-state index contributed by atoms with van der Waals surface area (Å²) in [5.41, 5.74) is 3.72. The number of rotatable bonds is 2. The Kier molecular flexibility index (Phi) is 4.36. The van der Waals surface area contributed by atoms with Crippen LogP contribution < -0.4 is 20.3 Å². The third kappa shape index (κ3) is 2.99. The lowest BCUT2D eigenvalue weighted by Crippen LogP contribution is -2.51. The Morgan fingerprint density at radius 1 is 1.19 bits per heavy atom. The van der Waals surface area contributed by atoms with E-state index in [4.69, 9.17) is 17.0 Å². The molecule has 3 rings (SSSR count). The number of amides is 2. The zero-order valence-electron chi connectivity index (χ0n) is 15.4. The zero-order valence-corrected chi connectivity index (χ0v) is 16.2. The van der Waals surface area contributed by atoms with Crippen LogP contribution in [0.4, 0.5) is 5.69 Å². The Morgan fingerprint density at radius 3 is 2.38 bits per heavy atom. The number of fused-ring (bicyclic) bond motifs is 1. The molecule has 7 heteroatoms. The van der Waals surface area contributed by atoms with Gasteiger partial charge in [0.15, 0.2) is 5.11 Å². The van der Waals surface area contributed by atoms with Gasteiger partial charge in [-0.3, -0.25) is 20.2 Å². The monoisotopic (exact) mass is 371 g/mol. The number of ether oxygens (including phenoxy) is 1. The fraction of sp³-hybridized carbons (Fsp3) is 0.316. The minimum atomic E-state index is -0.524. The summed E-state index contributed by atoms with van der Waals surface area (Å²) in [6.07, 6.45) is 3.72. The van der Waals surface area contributed by atoms with Gasteiger partial charge in [0, 0.05) is 29.9 Å². The second kappa shape index (κ2) is 6.25. The van der Waals surface area contributed by atoms with Gasteiger partial charge < -0.3 is 9.64 Å². The quantitative estimate of drug-likeness (QED) is 0.474. The number of hydrogen-bond donors (Lipinski definition) is 2. The third-order valence-electron chi connectivity index (χ3n) is 4.81. The van der Waals surface area contributed by atoms with Crippen molar-refractivity contribution in [3.05, 3.63) is 34.9 Å². The molecule has 1 fully saturated rings. The lowest BCUT2D eigenvalue weighted by atomic mass is 9.88. The average Bonchev–Trinajstić information content (AvgIpc) is 2.55. The van der Waals surface area contributed by atoms with E-state index in [2.05, 4.69) is 42.4 Å². The second-order valence-corrected chi connectivity index (χ2v) is 7.35. The Hall–Kier alpha value is -2.67. The van der Waals surface area contributed by atoms with Crippen LogP contribution >= 0.6 is 12.2 Å². The molecular formula is C19H21N3O3S. The standard InChI is InChI=1S/C19H21N3O3S/c1-10-9-19(2,3)22(4)14-8-15(25-5)11(6-12(10)14)7-13-16(23)20-18(26)21-17(13)24/h6-9H,1-5H3,(H2,20,21,23,24,26). The number of nitrogens with one attached hydrogen (secondary N) is 2. The Bertz CT molecular complexity index is 878. The Balaban J connectivity index is 2.14. The van der Waals surface area contributed by atoms with Crippen LogP contribution in [0.15, 0.2) is 23.8 Å². The molecule has 0 atom stereocenters. The first-order chi connectivity index (χ1) is 12.1. The molecule has 0 unspecified atom stereocenters. The number of benzene rings is 1. The van der Waals surface area contributed by atoms with Gasteiger partial charge in [0.2, 0.25) is 0 Å². The lowest BCUT2D eigenvalue weighted by molar-refractivity contribution is -0.123. The van der Waals surface area contributed by atoms with Crippen molar-refractivity contribution >= 4 is 46.5 Å². The number of nitrogens with zero attached hydrogens (tertiary/aromatic N) is 1. The predicted molar refractivity (Wildman–Crippen MR) is 106 cm³/mol. The molecule has 0 spiro atoms. The molecule has 2 aliphatic heterocycles. The topological polar surface area (TPSA) is 70.7 Å². The molecular weight excluding hydrogens is 350 g/mol. The molecule has 0 aromatic heterocycles. The van der Waals surface area contributed by atoms with E-state index < -0.39 is 11.8 Å². The van der Waals surface area contributed by atoms with Gasteiger partial charge >= 0.3 is 0 Å². The number of thiocarbonyl (C=S) groups is 1. The summed E-state index contributed by atoms with van der Waals surface area (Å²) in [7, 11) is 3.60. The van der Waals surface area contributed by atoms with Crippen LogP contribution in [0, 0.1) is 0 Å². The lowest BCUT2D eigenvalue weighted by Gasteiger charge is -2.41. The summed E-state index contributed by atoms with van der Waals surface area (Å²) in [5, 5.41) is 4.89. The third-order valence-corrected chi connectivity index (χ3v) is 5.02. The second-order valence-electron chi connectivity index (χ2n) is 6.95. The van der Waals surface area contributed by atoms with Gasteiger partial charge in [0.05, 0.1) is 12.6 Å². The van der Waals surface area contributed by atoms with Gasteiger partial charge in [-0.25, -0.2) is 0 Å². The molecule has 1 saturated heterocycles. The average molecular weight is 371 g/mol. The van der Waals surface area contributed by atoms with E-state index >= 15 is 0 Å². The number of methoxy groups -OCH3 is 1. The highest BCUT2D eigenvalue weighted by atomic mass is 32.1. The van der Waals surface area contributed by atoms with Crippen molar-refractivity contribution in [3.8, 4) is 5.75 Å². The molecule has 0 radical (unpaired) electrons. The number of likely N-dealkylation sites (N-methyl/N-ethyl adjacent to an activating group) is 1. The summed E-state index contributed by atoms with van der Waals surface area (Å²) in [6, 6.07) is 3.87.